The third kappa shape index (κ3) is 4.61. The number of benzene rings is 2. The Labute approximate surface area is 196 Å². The van der Waals surface area contributed by atoms with Crippen LogP contribution in [0.5, 0.6) is 0 Å². The van der Waals surface area contributed by atoms with Crippen LogP contribution >= 0.6 is 23.2 Å². The van der Waals surface area contributed by atoms with Gasteiger partial charge in [-0.2, -0.15) is 0 Å². The molecule has 1 unspecified atom stereocenters. The fourth-order valence-corrected chi connectivity index (χ4v) is 3.61. The number of hydrogen-bond acceptors (Lipinski definition) is 4. The van der Waals surface area contributed by atoms with E-state index in [4.69, 9.17) is 23.2 Å². The maximum atomic E-state index is 12.0. The van der Waals surface area contributed by atoms with E-state index in [1.54, 1.807) is 62.4 Å². The molecule has 0 N–H and O–H groups in total. The molecule has 0 spiro atoms. The van der Waals surface area contributed by atoms with E-state index in [1.165, 1.54) is 4.90 Å². The number of nitrogens with zero attached hydrogens (tertiary/aromatic N) is 2. The van der Waals surface area contributed by atoms with Crippen LogP contribution in [-0.4, -0.2) is 57.3 Å². The number of rotatable bonds is 5. The average Bonchev–Trinajstić information content (AvgIpc) is 3.15. The van der Waals surface area contributed by atoms with Gasteiger partial charge >= 0.3 is 0 Å². The molecule has 0 saturated heterocycles. The lowest BCUT2D eigenvalue weighted by molar-refractivity contribution is 0.0635. The molecule has 6 nitrogen and oxygen atoms in total. The number of alkyl halides is 2. The van der Waals surface area contributed by atoms with Crippen LogP contribution in [0.15, 0.2) is 60.7 Å². The molecule has 8 heteroatoms. The molecule has 0 fully saturated rings. The van der Waals surface area contributed by atoms with Crippen LogP contribution in [0.2, 0.25) is 0 Å². The molecule has 0 aliphatic carbocycles. The van der Waals surface area contributed by atoms with Crippen LogP contribution in [-0.2, 0) is 0 Å². The minimum atomic E-state index is -0.797. The lowest BCUT2D eigenvalue weighted by Crippen LogP contribution is -2.41. The molecule has 0 saturated carbocycles. The van der Waals surface area contributed by atoms with Gasteiger partial charge in [0.25, 0.3) is 23.6 Å². The molecule has 0 aromatic heterocycles. The van der Waals surface area contributed by atoms with Gasteiger partial charge in [0.05, 0.1) is 27.1 Å². The molecule has 166 valence electrons. The average molecular weight is 473 g/mol. The third-order valence-electron chi connectivity index (χ3n) is 4.95. The van der Waals surface area contributed by atoms with Crippen molar-refractivity contribution in [2.24, 2.45) is 0 Å². The number of imide groups is 2. The van der Waals surface area contributed by atoms with Gasteiger partial charge in [-0.3, -0.25) is 29.0 Å². The second-order valence-electron chi connectivity index (χ2n) is 7.99. The van der Waals surface area contributed by atoms with Crippen molar-refractivity contribution in [3.8, 4) is 0 Å². The highest BCUT2D eigenvalue weighted by atomic mass is 35.5. The standard InChI is InChI=1S/C12H11Cl2NO2.C12H11NO2/c1-12(14,6-13)7-15-10(16)8-4-2-3-5-9(8)11(15)17;1-8(2)7-13-11(14)9-5-3-4-6-10(9)12(13)15/h2-5H,6-7H2,1H3;3-6H,1,7H2,2H3. The van der Waals surface area contributed by atoms with Gasteiger partial charge in [0, 0.05) is 19.0 Å². The first-order valence-electron chi connectivity index (χ1n) is 9.87. The first-order chi connectivity index (χ1) is 15.1. The summed E-state index contributed by atoms with van der Waals surface area (Å²) in [5, 5.41) is 0. The number of carbonyl (C=O) groups excluding carboxylic acids is 4. The molecule has 1 atom stereocenters. The molecule has 4 amide bonds. The Balaban J connectivity index is 0.000000182. The summed E-state index contributed by atoms with van der Waals surface area (Å²) < 4.78 is 0. The van der Waals surface area contributed by atoms with Crippen LogP contribution in [0.25, 0.3) is 0 Å². The summed E-state index contributed by atoms with van der Waals surface area (Å²) in [6.45, 7) is 7.61. The monoisotopic (exact) mass is 472 g/mol. The van der Waals surface area contributed by atoms with Crippen molar-refractivity contribution in [2.45, 2.75) is 18.7 Å². The second-order valence-corrected chi connectivity index (χ2v) is 9.17. The lowest BCUT2D eigenvalue weighted by Gasteiger charge is -2.24. The topological polar surface area (TPSA) is 74.8 Å². The highest BCUT2D eigenvalue weighted by Gasteiger charge is 2.39. The summed E-state index contributed by atoms with van der Waals surface area (Å²) >= 11 is 11.8. The smallest absolute Gasteiger partial charge is 0.261 e. The van der Waals surface area contributed by atoms with Crippen LogP contribution in [0.4, 0.5) is 0 Å². The van der Waals surface area contributed by atoms with Crippen molar-refractivity contribution >= 4 is 46.8 Å². The Morgan fingerprint density at radius 3 is 1.47 bits per heavy atom. The maximum absolute atomic E-state index is 12.0. The van der Waals surface area contributed by atoms with Gasteiger partial charge in [0.1, 0.15) is 0 Å². The molecule has 2 aromatic rings. The van der Waals surface area contributed by atoms with Crippen molar-refractivity contribution in [3.05, 3.63) is 82.9 Å². The minimum absolute atomic E-state index is 0.115. The van der Waals surface area contributed by atoms with Crippen molar-refractivity contribution < 1.29 is 19.2 Å². The molecule has 2 aromatic carbocycles. The van der Waals surface area contributed by atoms with Crippen molar-refractivity contribution in [1.29, 1.82) is 0 Å². The zero-order chi connectivity index (χ0) is 23.6. The zero-order valence-electron chi connectivity index (χ0n) is 17.7. The van der Waals surface area contributed by atoms with E-state index < -0.39 is 4.87 Å². The number of amides is 4. The SMILES string of the molecule is C=C(C)CN1C(=O)c2ccccc2C1=O.CC(Cl)(CCl)CN1C(=O)c2ccccc2C1=O. The molecular weight excluding hydrogens is 451 g/mol. The quantitative estimate of drug-likeness (QED) is 0.367. The summed E-state index contributed by atoms with van der Waals surface area (Å²) in [4.78, 5) is 49.2. The molecule has 0 bridgehead atoms. The Hall–Kier alpha value is -2.96. The molecule has 2 heterocycles. The summed E-state index contributed by atoms with van der Waals surface area (Å²) in [7, 11) is 0. The van der Waals surface area contributed by atoms with E-state index in [0.29, 0.717) is 28.8 Å². The van der Waals surface area contributed by atoms with Crippen LogP contribution < -0.4 is 0 Å². The molecule has 32 heavy (non-hydrogen) atoms. The normalized spacial score (nSPS) is 16.4. The van der Waals surface area contributed by atoms with E-state index >= 15 is 0 Å². The van der Waals surface area contributed by atoms with Gasteiger partial charge in [-0.05, 0) is 38.1 Å². The zero-order valence-corrected chi connectivity index (χ0v) is 19.2. The Kier molecular flexibility index (Phi) is 6.86. The van der Waals surface area contributed by atoms with Gasteiger partial charge in [-0.1, -0.05) is 36.4 Å². The van der Waals surface area contributed by atoms with E-state index in [0.717, 1.165) is 10.5 Å². The van der Waals surface area contributed by atoms with Crippen LogP contribution in [0.3, 0.4) is 0 Å². The maximum Gasteiger partial charge on any atom is 0.261 e. The van der Waals surface area contributed by atoms with Crippen molar-refractivity contribution in [2.75, 3.05) is 19.0 Å². The summed E-state index contributed by atoms with van der Waals surface area (Å²) in [5.74, 6) is -0.885. The van der Waals surface area contributed by atoms with Crippen LogP contribution in [0.1, 0.15) is 55.3 Å². The number of fused-ring (bicyclic) bond motifs is 2. The number of carbonyl (C=O) groups is 4. The van der Waals surface area contributed by atoms with E-state index in [1.807, 2.05) is 0 Å². The number of hydrogen-bond donors (Lipinski definition) is 0. The fourth-order valence-electron chi connectivity index (χ4n) is 3.41. The van der Waals surface area contributed by atoms with Gasteiger partial charge in [0.15, 0.2) is 0 Å². The summed E-state index contributed by atoms with van der Waals surface area (Å²) in [5.41, 5.74) is 2.64. The molecule has 2 aliphatic rings. The molecule has 4 rings (SSSR count). The van der Waals surface area contributed by atoms with Gasteiger partial charge in [-0.15, -0.1) is 23.2 Å². The van der Waals surface area contributed by atoms with E-state index in [-0.39, 0.29) is 36.1 Å². The number of halogens is 2. The Morgan fingerprint density at radius 2 is 1.16 bits per heavy atom. The Bertz CT molecular complexity index is 1060. The molecule has 2 aliphatic heterocycles. The van der Waals surface area contributed by atoms with Gasteiger partial charge in [-0.25, -0.2) is 0 Å². The first-order valence-corrected chi connectivity index (χ1v) is 10.8. The second kappa shape index (κ2) is 9.27. The Morgan fingerprint density at radius 1 is 0.812 bits per heavy atom. The third-order valence-corrected chi connectivity index (χ3v) is 5.93. The van der Waals surface area contributed by atoms with Gasteiger partial charge < -0.3 is 0 Å². The van der Waals surface area contributed by atoms with Crippen molar-refractivity contribution in [3.63, 3.8) is 0 Å². The summed E-state index contributed by atoms with van der Waals surface area (Å²) in [6, 6.07) is 13.6. The fraction of sp³-hybridized carbons (Fsp3) is 0.250. The van der Waals surface area contributed by atoms with Gasteiger partial charge in [0.2, 0.25) is 0 Å². The highest BCUT2D eigenvalue weighted by Crippen LogP contribution is 2.27. The lowest BCUT2D eigenvalue weighted by atomic mass is 10.1. The van der Waals surface area contributed by atoms with E-state index in [2.05, 4.69) is 6.58 Å². The van der Waals surface area contributed by atoms with Crippen molar-refractivity contribution in [1.82, 2.24) is 9.80 Å². The molecular formula is C24H22Cl2N2O4. The summed E-state index contributed by atoms with van der Waals surface area (Å²) in [6.07, 6.45) is 0. The molecule has 0 radical (unpaired) electrons. The minimum Gasteiger partial charge on any atom is -0.273 e. The predicted octanol–water partition coefficient (Wildman–Crippen LogP) is 4.38. The highest BCUT2D eigenvalue weighted by molar-refractivity contribution is 6.31. The first kappa shape index (κ1) is 23.7. The van der Waals surface area contributed by atoms with E-state index in [9.17, 15) is 19.2 Å². The largest absolute Gasteiger partial charge is 0.273 e. The van der Waals surface area contributed by atoms with Crippen LogP contribution in [0, 0.1) is 0 Å². The predicted molar refractivity (Wildman–Crippen MR) is 123 cm³/mol.